The third-order valence-electron chi connectivity index (χ3n) is 1.93. The van der Waals surface area contributed by atoms with E-state index in [1.807, 2.05) is 6.92 Å². The minimum absolute atomic E-state index is 0.0804. The van der Waals surface area contributed by atoms with Crippen LogP contribution in [0.1, 0.15) is 12.7 Å². The molecule has 0 spiro atoms. The molecule has 13 heavy (non-hydrogen) atoms. The van der Waals surface area contributed by atoms with E-state index in [0.29, 0.717) is 17.8 Å². The Hall–Kier alpha value is -1.45. The molecule has 4 heteroatoms. The Labute approximate surface area is 73.6 Å². The minimum Gasteiger partial charge on any atom is -0.342 e. The van der Waals surface area contributed by atoms with Crippen molar-refractivity contribution in [3.05, 3.63) is 29.6 Å². The van der Waals surface area contributed by atoms with E-state index in [1.54, 1.807) is 0 Å². The van der Waals surface area contributed by atoms with Gasteiger partial charge in [-0.15, -0.1) is 0 Å². The maximum atomic E-state index is 13.1. The molecule has 1 heterocycles. The number of hydrogen-bond acceptors (Lipinski definition) is 1. The highest BCUT2D eigenvalue weighted by atomic mass is 19.2. The predicted molar refractivity (Wildman–Crippen MR) is 45.4 cm³/mol. The van der Waals surface area contributed by atoms with Crippen LogP contribution in [0, 0.1) is 11.6 Å². The summed E-state index contributed by atoms with van der Waals surface area (Å²) in [5, 5.41) is 0. The van der Waals surface area contributed by atoms with Gasteiger partial charge in [-0.2, -0.15) is 0 Å². The average Bonchev–Trinajstić information content (AvgIpc) is 2.55. The van der Waals surface area contributed by atoms with Crippen LogP contribution in [0.25, 0.3) is 11.0 Å². The van der Waals surface area contributed by atoms with Crippen molar-refractivity contribution in [1.82, 2.24) is 9.97 Å². The molecule has 0 atom stereocenters. The molecule has 0 aliphatic heterocycles. The van der Waals surface area contributed by atoms with Crippen molar-refractivity contribution in [2.45, 2.75) is 13.3 Å². The maximum Gasteiger partial charge on any atom is 0.186 e. The smallest absolute Gasteiger partial charge is 0.186 e. The minimum atomic E-state index is -0.881. The number of aromatic nitrogens is 2. The number of nitrogens with zero attached hydrogens (tertiary/aromatic N) is 1. The van der Waals surface area contributed by atoms with Crippen molar-refractivity contribution in [2.24, 2.45) is 0 Å². The van der Waals surface area contributed by atoms with E-state index in [0.717, 1.165) is 6.07 Å². The lowest BCUT2D eigenvalue weighted by Crippen LogP contribution is -1.84. The van der Waals surface area contributed by atoms with Crippen LogP contribution in [0.4, 0.5) is 8.78 Å². The summed E-state index contributed by atoms with van der Waals surface area (Å²) < 4.78 is 25.8. The average molecular weight is 182 g/mol. The molecule has 0 fully saturated rings. The Morgan fingerprint density at radius 1 is 1.38 bits per heavy atom. The Balaban J connectivity index is 2.76. The summed E-state index contributed by atoms with van der Waals surface area (Å²) in [5.74, 6) is -1.07. The molecule has 0 aliphatic carbocycles. The number of nitrogens with one attached hydrogen (secondary N) is 1. The molecule has 1 aromatic carbocycles. The van der Waals surface area contributed by atoms with Crippen molar-refractivity contribution in [3.63, 3.8) is 0 Å². The quantitative estimate of drug-likeness (QED) is 0.720. The molecule has 2 rings (SSSR count). The third kappa shape index (κ3) is 1.18. The van der Waals surface area contributed by atoms with Gasteiger partial charge < -0.3 is 4.98 Å². The van der Waals surface area contributed by atoms with Crippen LogP contribution >= 0.6 is 0 Å². The monoisotopic (exact) mass is 182 g/mol. The number of imidazole rings is 1. The van der Waals surface area contributed by atoms with Crippen molar-refractivity contribution in [3.8, 4) is 0 Å². The highest BCUT2D eigenvalue weighted by Crippen LogP contribution is 2.17. The van der Waals surface area contributed by atoms with Crippen molar-refractivity contribution >= 4 is 11.0 Å². The maximum absolute atomic E-state index is 13.1. The largest absolute Gasteiger partial charge is 0.342 e. The molecule has 0 saturated heterocycles. The third-order valence-corrected chi connectivity index (χ3v) is 1.93. The first-order chi connectivity index (χ1) is 6.22. The second kappa shape index (κ2) is 2.80. The number of halogens is 2. The van der Waals surface area contributed by atoms with E-state index in [4.69, 9.17) is 0 Å². The molecule has 0 aliphatic rings. The lowest BCUT2D eigenvalue weighted by Gasteiger charge is -1.91. The zero-order valence-electron chi connectivity index (χ0n) is 7.06. The number of hydrogen-bond donors (Lipinski definition) is 1. The van der Waals surface area contributed by atoms with Crippen LogP contribution in [0.15, 0.2) is 12.1 Å². The summed E-state index contributed by atoms with van der Waals surface area (Å²) in [5.41, 5.74) is 0.618. The number of aryl methyl sites for hydroxylation is 1. The first-order valence-electron chi connectivity index (χ1n) is 4.05. The van der Waals surface area contributed by atoms with Crippen LogP contribution in [0.3, 0.4) is 0 Å². The number of aromatic amines is 1. The lowest BCUT2D eigenvalue weighted by atomic mass is 10.3. The van der Waals surface area contributed by atoms with Crippen molar-refractivity contribution in [2.75, 3.05) is 0 Å². The van der Waals surface area contributed by atoms with E-state index in [2.05, 4.69) is 9.97 Å². The van der Waals surface area contributed by atoms with Crippen LogP contribution in [0.5, 0.6) is 0 Å². The number of fused-ring (bicyclic) bond motifs is 1. The molecular formula is C9H8F2N2. The first kappa shape index (κ1) is 8.16. The zero-order chi connectivity index (χ0) is 9.42. The van der Waals surface area contributed by atoms with Gasteiger partial charge in [0.15, 0.2) is 11.6 Å². The van der Waals surface area contributed by atoms with Crippen molar-refractivity contribution < 1.29 is 8.78 Å². The Morgan fingerprint density at radius 3 is 2.85 bits per heavy atom. The van der Waals surface area contributed by atoms with E-state index in [9.17, 15) is 8.78 Å². The number of rotatable bonds is 1. The van der Waals surface area contributed by atoms with Gasteiger partial charge in [0, 0.05) is 6.42 Å². The zero-order valence-corrected chi connectivity index (χ0v) is 7.06. The molecule has 0 radical (unpaired) electrons. The fourth-order valence-corrected chi connectivity index (χ4v) is 1.24. The van der Waals surface area contributed by atoms with Gasteiger partial charge >= 0.3 is 0 Å². The van der Waals surface area contributed by atoms with Crippen LogP contribution < -0.4 is 0 Å². The predicted octanol–water partition coefficient (Wildman–Crippen LogP) is 2.40. The molecule has 1 aromatic heterocycles. The van der Waals surface area contributed by atoms with Gasteiger partial charge in [0.1, 0.15) is 11.3 Å². The lowest BCUT2D eigenvalue weighted by molar-refractivity contribution is 0.515. The fraction of sp³-hybridized carbons (Fsp3) is 0.222. The molecule has 0 unspecified atom stereocenters. The van der Waals surface area contributed by atoms with Crippen LogP contribution in [-0.2, 0) is 6.42 Å². The van der Waals surface area contributed by atoms with Gasteiger partial charge in [-0.1, -0.05) is 6.92 Å². The summed E-state index contributed by atoms with van der Waals surface area (Å²) in [6.45, 7) is 1.89. The molecule has 2 aromatic rings. The molecule has 0 amide bonds. The van der Waals surface area contributed by atoms with E-state index < -0.39 is 11.6 Å². The van der Waals surface area contributed by atoms with Crippen molar-refractivity contribution in [1.29, 1.82) is 0 Å². The summed E-state index contributed by atoms with van der Waals surface area (Å²) in [6, 6.07) is 2.58. The van der Waals surface area contributed by atoms with E-state index in [-0.39, 0.29) is 5.52 Å². The number of H-pyrrole nitrogens is 1. The molecule has 1 N–H and O–H groups in total. The normalized spacial score (nSPS) is 11.0. The SMILES string of the molecule is CCc1nc2c(F)c(F)ccc2[nH]1. The highest BCUT2D eigenvalue weighted by Gasteiger charge is 2.10. The Morgan fingerprint density at radius 2 is 2.15 bits per heavy atom. The van der Waals surface area contributed by atoms with Crippen LogP contribution in [0.2, 0.25) is 0 Å². The van der Waals surface area contributed by atoms with Gasteiger partial charge in [0.2, 0.25) is 0 Å². The fourth-order valence-electron chi connectivity index (χ4n) is 1.24. The highest BCUT2D eigenvalue weighted by molar-refractivity contribution is 5.75. The summed E-state index contributed by atoms with van der Waals surface area (Å²) in [6.07, 6.45) is 0.676. The second-order valence-corrected chi connectivity index (χ2v) is 2.79. The standard InChI is InChI=1S/C9H8F2N2/c1-2-7-12-6-4-3-5(10)8(11)9(6)13-7/h3-4H,2H2,1H3,(H,12,13). The summed E-state index contributed by atoms with van der Waals surface area (Å²) in [7, 11) is 0. The first-order valence-corrected chi connectivity index (χ1v) is 4.05. The van der Waals surface area contributed by atoms with Gasteiger partial charge in [-0.25, -0.2) is 13.8 Å². The molecule has 2 nitrogen and oxygen atoms in total. The molecule has 68 valence electrons. The van der Waals surface area contributed by atoms with Gasteiger partial charge in [-0.3, -0.25) is 0 Å². The van der Waals surface area contributed by atoms with E-state index in [1.165, 1.54) is 6.07 Å². The molecular weight excluding hydrogens is 174 g/mol. The Kier molecular flexibility index (Phi) is 1.76. The second-order valence-electron chi connectivity index (χ2n) is 2.79. The Bertz CT molecular complexity index is 448. The summed E-state index contributed by atoms with van der Waals surface area (Å²) >= 11 is 0. The molecule has 0 saturated carbocycles. The molecule has 0 bridgehead atoms. The van der Waals surface area contributed by atoms with Gasteiger partial charge in [0.05, 0.1) is 5.52 Å². The summed E-state index contributed by atoms with van der Waals surface area (Å²) in [4.78, 5) is 6.82. The topological polar surface area (TPSA) is 28.7 Å². The van der Waals surface area contributed by atoms with E-state index >= 15 is 0 Å². The number of benzene rings is 1. The van der Waals surface area contributed by atoms with Gasteiger partial charge in [0.25, 0.3) is 0 Å². The van der Waals surface area contributed by atoms with Gasteiger partial charge in [-0.05, 0) is 12.1 Å². The van der Waals surface area contributed by atoms with Crippen LogP contribution in [-0.4, -0.2) is 9.97 Å².